The Morgan fingerprint density at radius 1 is 1.44 bits per heavy atom. The minimum atomic E-state index is 0.0856. The first kappa shape index (κ1) is 13.2. The molecule has 2 aromatic heterocycles. The zero-order chi connectivity index (χ0) is 13.0. The van der Waals surface area contributed by atoms with Gasteiger partial charge in [-0.2, -0.15) is 0 Å². The largest absolute Gasteiger partial charge is 0.355 e. The molecule has 0 spiro atoms. The molecule has 1 N–H and O–H groups in total. The van der Waals surface area contributed by atoms with Gasteiger partial charge >= 0.3 is 0 Å². The molecule has 0 aliphatic heterocycles. The van der Waals surface area contributed by atoms with Crippen molar-refractivity contribution in [2.75, 3.05) is 6.54 Å². The molecule has 2 heterocycles. The van der Waals surface area contributed by atoms with Crippen LogP contribution in [0.5, 0.6) is 0 Å². The summed E-state index contributed by atoms with van der Waals surface area (Å²) in [5.74, 6) is 0.0856. The minimum Gasteiger partial charge on any atom is -0.355 e. The van der Waals surface area contributed by atoms with Gasteiger partial charge < -0.3 is 5.32 Å². The summed E-state index contributed by atoms with van der Waals surface area (Å²) in [5.41, 5.74) is 1.10. The molecule has 0 aliphatic rings. The lowest BCUT2D eigenvalue weighted by Crippen LogP contribution is -2.26. The summed E-state index contributed by atoms with van der Waals surface area (Å²) >= 11 is 3.33. The maximum atomic E-state index is 11.7. The lowest BCUT2D eigenvalue weighted by molar-refractivity contribution is -0.120. The molecule has 2 rings (SSSR count). The molecular formula is C13H16N2OS2. The molecule has 0 atom stereocenters. The fourth-order valence-corrected chi connectivity index (χ4v) is 3.23. The van der Waals surface area contributed by atoms with Crippen LogP contribution in [0.15, 0.2) is 17.5 Å². The summed E-state index contributed by atoms with van der Waals surface area (Å²) in [5, 5.41) is 6.02. The highest BCUT2D eigenvalue weighted by molar-refractivity contribution is 7.11. The number of thiazole rings is 1. The third-order valence-electron chi connectivity index (χ3n) is 2.65. The smallest absolute Gasteiger partial charge is 0.225 e. The van der Waals surface area contributed by atoms with Crippen LogP contribution >= 0.6 is 22.7 Å². The standard InChI is InChI=1S/C13H16N2OS2/c1-9-10(2)18-13(15-9)5-6-14-12(16)8-11-4-3-7-17-11/h3-4,7H,5-6,8H2,1-2H3,(H,14,16). The van der Waals surface area contributed by atoms with Crippen molar-refractivity contribution in [3.05, 3.63) is 38.0 Å². The Balaban J connectivity index is 1.73. The van der Waals surface area contributed by atoms with Crippen LogP contribution < -0.4 is 5.32 Å². The molecule has 5 heteroatoms. The van der Waals surface area contributed by atoms with E-state index in [0.29, 0.717) is 13.0 Å². The highest BCUT2D eigenvalue weighted by Crippen LogP contribution is 2.16. The number of hydrogen-bond donors (Lipinski definition) is 1. The maximum absolute atomic E-state index is 11.7. The lowest BCUT2D eigenvalue weighted by Gasteiger charge is -2.02. The van der Waals surface area contributed by atoms with Gasteiger partial charge in [0.1, 0.15) is 0 Å². The van der Waals surface area contributed by atoms with E-state index in [0.717, 1.165) is 22.0 Å². The number of amides is 1. The predicted molar refractivity (Wildman–Crippen MR) is 76.3 cm³/mol. The van der Waals surface area contributed by atoms with Gasteiger partial charge in [0.05, 0.1) is 17.1 Å². The second-order valence-corrected chi connectivity index (χ2v) is 6.43. The molecule has 2 aromatic rings. The van der Waals surface area contributed by atoms with E-state index in [1.54, 1.807) is 22.7 Å². The van der Waals surface area contributed by atoms with E-state index in [1.807, 2.05) is 24.4 Å². The molecule has 0 aliphatic carbocycles. The minimum absolute atomic E-state index is 0.0856. The Morgan fingerprint density at radius 3 is 2.89 bits per heavy atom. The highest BCUT2D eigenvalue weighted by atomic mass is 32.1. The van der Waals surface area contributed by atoms with Gasteiger partial charge in [-0.1, -0.05) is 6.07 Å². The molecule has 18 heavy (non-hydrogen) atoms. The number of nitrogens with one attached hydrogen (secondary N) is 1. The van der Waals surface area contributed by atoms with Gasteiger partial charge in [-0.15, -0.1) is 22.7 Å². The molecule has 3 nitrogen and oxygen atoms in total. The van der Waals surface area contributed by atoms with E-state index in [1.165, 1.54) is 4.88 Å². The summed E-state index contributed by atoms with van der Waals surface area (Å²) in [4.78, 5) is 18.5. The molecule has 0 unspecified atom stereocenters. The number of aromatic nitrogens is 1. The molecule has 1 amide bonds. The van der Waals surface area contributed by atoms with Crippen LogP contribution in [0.2, 0.25) is 0 Å². The summed E-state index contributed by atoms with van der Waals surface area (Å²) in [7, 11) is 0. The van der Waals surface area contributed by atoms with E-state index in [9.17, 15) is 4.79 Å². The van der Waals surface area contributed by atoms with Crippen LogP contribution in [0.3, 0.4) is 0 Å². The number of carbonyl (C=O) groups excluding carboxylic acids is 1. The van der Waals surface area contributed by atoms with E-state index >= 15 is 0 Å². The van der Waals surface area contributed by atoms with Crippen molar-refractivity contribution >= 4 is 28.6 Å². The quantitative estimate of drug-likeness (QED) is 0.915. The van der Waals surface area contributed by atoms with Crippen molar-refractivity contribution in [2.24, 2.45) is 0 Å². The molecule has 0 saturated heterocycles. The topological polar surface area (TPSA) is 42.0 Å². The molecule has 0 radical (unpaired) electrons. The van der Waals surface area contributed by atoms with Crippen molar-refractivity contribution in [2.45, 2.75) is 26.7 Å². The van der Waals surface area contributed by atoms with E-state index in [-0.39, 0.29) is 5.91 Å². The maximum Gasteiger partial charge on any atom is 0.225 e. The third kappa shape index (κ3) is 3.65. The number of carbonyl (C=O) groups is 1. The summed E-state index contributed by atoms with van der Waals surface area (Å²) in [6.45, 7) is 4.76. The Kier molecular flexibility index (Phi) is 4.49. The zero-order valence-electron chi connectivity index (χ0n) is 10.5. The van der Waals surface area contributed by atoms with Crippen LogP contribution in [0, 0.1) is 13.8 Å². The number of aryl methyl sites for hydroxylation is 2. The van der Waals surface area contributed by atoms with Gasteiger partial charge in [-0.05, 0) is 25.3 Å². The first-order valence-electron chi connectivity index (χ1n) is 5.87. The normalized spacial score (nSPS) is 10.6. The third-order valence-corrected chi connectivity index (χ3v) is 4.66. The fraction of sp³-hybridized carbons (Fsp3) is 0.385. The fourth-order valence-electron chi connectivity index (χ4n) is 1.59. The monoisotopic (exact) mass is 280 g/mol. The first-order valence-corrected chi connectivity index (χ1v) is 7.57. The number of hydrogen-bond acceptors (Lipinski definition) is 4. The van der Waals surface area contributed by atoms with E-state index < -0.39 is 0 Å². The van der Waals surface area contributed by atoms with Crippen LogP contribution in [0.25, 0.3) is 0 Å². The Morgan fingerprint density at radius 2 is 2.28 bits per heavy atom. The lowest BCUT2D eigenvalue weighted by atomic mass is 10.3. The van der Waals surface area contributed by atoms with Gasteiger partial charge in [0.15, 0.2) is 0 Å². The van der Waals surface area contributed by atoms with Gasteiger partial charge in [0.2, 0.25) is 5.91 Å². The van der Waals surface area contributed by atoms with Gasteiger partial charge in [-0.3, -0.25) is 4.79 Å². The van der Waals surface area contributed by atoms with Crippen molar-refractivity contribution < 1.29 is 4.79 Å². The van der Waals surface area contributed by atoms with Crippen molar-refractivity contribution in [3.63, 3.8) is 0 Å². The SMILES string of the molecule is Cc1nc(CCNC(=O)Cc2cccs2)sc1C. The molecular weight excluding hydrogens is 264 g/mol. The number of rotatable bonds is 5. The first-order chi connectivity index (χ1) is 8.65. The van der Waals surface area contributed by atoms with Gasteiger partial charge in [-0.25, -0.2) is 4.98 Å². The Labute approximate surface area is 115 Å². The van der Waals surface area contributed by atoms with Crippen LogP contribution in [-0.4, -0.2) is 17.4 Å². The zero-order valence-corrected chi connectivity index (χ0v) is 12.2. The second kappa shape index (κ2) is 6.11. The number of nitrogens with zero attached hydrogens (tertiary/aromatic N) is 1. The Hall–Kier alpha value is -1.20. The van der Waals surface area contributed by atoms with E-state index in [2.05, 4.69) is 17.2 Å². The molecule has 0 saturated carbocycles. The van der Waals surface area contributed by atoms with Gasteiger partial charge in [0.25, 0.3) is 0 Å². The summed E-state index contributed by atoms with van der Waals surface area (Å²) < 4.78 is 0. The molecule has 96 valence electrons. The average molecular weight is 280 g/mol. The van der Waals surface area contributed by atoms with Crippen molar-refractivity contribution in [3.8, 4) is 0 Å². The van der Waals surface area contributed by atoms with Crippen LogP contribution in [0.1, 0.15) is 20.5 Å². The van der Waals surface area contributed by atoms with Crippen molar-refractivity contribution in [1.82, 2.24) is 10.3 Å². The second-order valence-electron chi connectivity index (χ2n) is 4.11. The summed E-state index contributed by atoms with van der Waals surface area (Å²) in [6.07, 6.45) is 1.29. The van der Waals surface area contributed by atoms with Crippen LogP contribution in [-0.2, 0) is 17.6 Å². The van der Waals surface area contributed by atoms with E-state index in [4.69, 9.17) is 0 Å². The van der Waals surface area contributed by atoms with Crippen LogP contribution in [0.4, 0.5) is 0 Å². The number of thiophene rings is 1. The molecule has 0 aromatic carbocycles. The predicted octanol–water partition coefficient (Wildman–Crippen LogP) is 2.72. The van der Waals surface area contributed by atoms with Crippen molar-refractivity contribution in [1.29, 1.82) is 0 Å². The molecule has 0 bridgehead atoms. The van der Waals surface area contributed by atoms with Gasteiger partial charge in [0, 0.05) is 22.7 Å². The Bertz CT molecular complexity index is 498. The highest BCUT2D eigenvalue weighted by Gasteiger charge is 2.06. The summed E-state index contributed by atoms with van der Waals surface area (Å²) in [6, 6.07) is 3.95. The molecule has 0 fully saturated rings. The average Bonchev–Trinajstić information content (AvgIpc) is 2.90.